The molecule has 0 atom stereocenters. The van der Waals surface area contributed by atoms with Gasteiger partial charge in [0.15, 0.2) is 11.6 Å². The van der Waals surface area contributed by atoms with Gasteiger partial charge in [0.2, 0.25) is 5.91 Å². The molecule has 90 valence electrons. The van der Waals surface area contributed by atoms with Gasteiger partial charge in [-0.1, -0.05) is 5.92 Å². The highest BCUT2D eigenvalue weighted by atomic mass is 19.2. The third-order valence-electron chi connectivity index (χ3n) is 1.80. The van der Waals surface area contributed by atoms with Crippen LogP contribution in [-0.2, 0) is 4.79 Å². The Bertz CT molecular complexity index is 469. The molecule has 0 aliphatic carbocycles. The second kappa shape index (κ2) is 5.92. The van der Waals surface area contributed by atoms with Gasteiger partial charge in [-0.25, -0.2) is 13.2 Å². The van der Waals surface area contributed by atoms with E-state index in [4.69, 9.17) is 6.42 Å². The maximum Gasteiger partial charge on any atom is 0.238 e. The predicted molar refractivity (Wildman–Crippen MR) is 56.6 cm³/mol. The Labute approximate surface area is 96.0 Å². The number of halogens is 3. The van der Waals surface area contributed by atoms with E-state index >= 15 is 0 Å². The number of nitrogens with one attached hydrogen (secondary N) is 2. The number of terminal acetylenes is 1. The molecular weight excluding hydrogens is 233 g/mol. The first-order valence-electron chi connectivity index (χ1n) is 4.63. The summed E-state index contributed by atoms with van der Waals surface area (Å²) in [6.07, 6.45) is 4.93. The van der Waals surface area contributed by atoms with Gasteiger partial charge >= 0.3 is 0 Å². The average Bonchev–Trinajstić information content (AvgIpc) is 2.26. The van der Waals surface area contributed by atoms with Gasteiger partial charge in [0, 0.05) is 12.1 Å². The van der Waals surface area contributed by atoms with E-state index in [1.165, 1.54) is 0 Å². The van der Waals surface area contributed by atoms with Gasteiger partial charge in [0.05, 0.1) is 18.8 Å². The molecule has 0 spiro atoms. The fourth-order valence-electron chi connectivity index (χ4n) is 1.06. The summed E-state index contributed by atoms with van der Waals surface area (Å²) >= 11 is 0. The van der Waals surface area contributed by atoms with Crippen molar-refractivity contribution in [3.8, 4) is 12.3 Å². The molecule has 0 heterocycles. The minimum Gasteiger partial charge on any atom is -0.322 e. The molecule has 0 aliphatic rings. The van der Waals surface area contributed by atoms with Gasteiger partial charge < -0.3 is 5.32 Å². The molecule has 0 aliphatic heterocycles. The third-order valence-corrected chi connectivity index (χ3v) is 1.80. The molecule has 0 bridgehead atoms. The lowest BCUT2D eigenvalue weighted by atomic mass is 10.3. The summed E-state index contributed by atoms with van der Waals surface area (Å²) in [5.41, 5.74) is -0.420. The van der Waals surface area contributed by atoms with Crippen LogP contribution < -0.4 is 10.6 Å². The zero-order chi connectivity index (χ0) is 12.8. The van der Waals surface area contributed by atoms with Gasteiger partial charge in [-0.15, -0.1) is 6.42 Å². The summed E-state index contributed by atoms with van der Waals surface area (Å²) < 4.78 is 38.5. The van der Waals surface area contributed by atoms with Crippen LogP contribution in [0.1, 0.15) is 0 Å². The number of amides is 1. The summed E-state index contributed by atoms with van der Waals surface area (Å²) in [7, 11) is 0. The van der Waals surface area contributed by atoms with Crippen LogP contribution in [-0.4, -0.2) is 19.0 Å². The van der Waals surface area contributed by atoms with E-state index in [2.05, 4.69) is 16.6 Å². The molecule has 0 unspecified atom stereocenters. The zero-order valence-corrected chi connectivity index (χ0v) is 8.69. The highest BCUT2D eigenvalue weighted by Crippen LogP contribution is 2.18. The minimum atomic E-state index is -1.31. The number of carbonyl (C=O) groups excluding carboxylic acids is 1. The van der Waals surface area contributed by atoms with Crippen LogP contribution in [0.5, 0.6) is 0 Å². The molecule has 2 N–H and O–H groups in total. The first-order valence-corrected chi connectivity index (χ1v) is 4.63. The van der Waals surface area contributed by atoms with E-state index in [1.807, 2.05) is 0 Å². The SMILES string of the molecule is C#CCNCC(=O)Nc1cc(F)c(F)cc1F. The van der Waals surface area contributed by atoms with Crippen LogP contribution >= 0.6 is 0 Å². The number of benzene rings is 1. The summed E-state index contributed by atoms with van der Waals surface area (Å²) in [4.78, 5) is 11.2. The van der Waals surface area contributed by atoms with Crippen molar-refractivity contribution in [2.75, 3.05) is 18.4 Å². The third kappa shape index (κ3) is 3.81. The van der Waals surface area contributed by atoms with Gasteiger partial charge in [-0.2, -0.15) is 0 Å². The largest absolute Gasteiger partial charge is 0.322 e. The summed E-state index contributed by atoms with van der Waals surface area (Å²) in [5, 5.41) is 4.65. The van der Waals surface area contributed by atoms with Crippen LogP contribution in [0.25, 0.3) is 0 Å². The van der Waals surface area contributed by atoms with Crippen molar-refractivity contribution in [2.24, 2.45) is 0 Å². The van der Waals surface area contributed by atoms with E-state index in [1.54, 1.807) is 0 Å². The Morgan fingerprint density at radius 3 is 2.53 bits per heavy atom. The van der Waals surface area contributed by atoms with Crippen molar-refractivity contribution in [1.29, 1.82) is 0 Å². The Balaban J connectivity index is 2.66. The molecule has 0 radical (unpaired) electrons. The second-order valence-electron chi connectivity index (χ2n) is 3.10. The molecule has 0 aromatic heterocycles. The summed E-state index contributed by atoms with van der Waals surface area (Å²) in [6, 6.07) is 0.934. The number of hydrogen-bond acceptors (Lipinski definition) is 2. The Morgan fingerprint density at radius 2 is 1.88 bits per heavy atom. The van der Waals surface area contributed by atoms with Gasteiger partial charge in [0.1, 0.15) is 5.82 Å². The molecule has 1 aromatic rings. The Hall–Kier alpha value is -2.00. The molecule has 1 rings (SSSR count). The van der Waals surface area contributed by atoms with Crippen molar-refractivity contribution in [1.82, 2.24) is 5.32 Å². The average molecular weight is 242 g/mol. The fraction of sp³-hybridized carbons (Fsp3) is 0.182. The summed E-state index contributed by atoms with van der Waals surface area (Å²) in [5.74, 6) is -1.96. The quantitative estimate of drug-likeness (QED) is 0.474. The molecule has 0 saturated carbocycles. The molecule has 1 aromatic carbocycles. The van der Waals surface area contributed by atoms with Crippen LogP contribution in [0, 0.1) is 29.8 Å². The molecule has 17 heavy (non-hydrogen) atoms. The lowest BCUT2D eigenvalue weighted by molar-refractivity contribution is -0.115. The fourth-order valence-corrected chi connectivity index (χ4v) is 1.06. The van der Waals surface area contributed by atoms with Crippen LogP contribution in [0.3, 0.4) is 0 Å². The first-order chi connectivity index (χ1) is 8.04. The van der Waals surface area contributed by atoms with Gasteiger partial charge in [-0.05, 0) is 0 Å². The molecule has 3 nitrogen and oxygen atoms in total. The van der Waals surface area contributed by atoms with Crippen LogP contribution in [0.15, 0.2) is 12.1 Å². The standard InChI is InChI=1S/C11H9F3N2O/c1-2-3-15-6-11(17)16-10-5-8(13)7(12)4-9(10)14/h1,4-5,15H,3,6H2,(H,16,17). The lowest BCUT2D eigenvalue weighted by Gasteiger charge is -2.06. The van der Waals surface area contributed by atoms with E-state index < -0.39 is 29.0 Å². The number of carbonyl (C=O) groups is 1. The van der Waals surface area contributed by atoms with E-state index in [0.29, 0.717) is 12.1 Å². The number of hydrogen-bond donors (Lipinski definition) is 2. The normalized spacial score (nSPS) is 9.76. The van der Waals surface area contributed by atoms with Crippen molar-refractivity contribution in [2.45, 2.75) is 0 Å². The lowest BCUT2D eigenvalue weighted by Crippen LogP contribution is -2.28. The molecular formula is C11H9F3N2O. The van der Waals surface area contributed by atoms with Crippen LogP contribution in [0.4, 0.5) is 18.9 Å². The maximum atomic E-state index is 13.1. The van der Waals surface area contributed by atoms with Gasteiger partial charge in [0.25, 0.3) is 0 Å². The molecule has 0 saturated heterocycles. The topological polar surface area (TPSA) is 41.1 Å². The second-order valence-corrected chi connectivity index (χ2v) is 3.10. The zero-order valence-electron chi connectivity index (χ0n) is 8.69. The molecule has 1 amide bonds. The predicted octanol–water partition coefficient (Wildman–Crippen LogP) is 1.27. The van der Waals surface area contributed by atoms with Crippen molar-refractivity contribution in [3.63, 3.8) is 0 Å². The monoisotopic (exact) mass is 242 g/mol. The van der Waals surface area contributed by atoms with Crippen molar-refractivity contribution >= 4 is 11.6 Å². The smallest absolute Gasteiger partial charge is 0.238 e. The Kier molecular flexibility index (Phi) is 4.55. The minimum absolute atomic E-state index is 0.150. The first kappa shape index (κ1) is 13.1. The molecule has 0 fully saturated rings. The van der Waals surface area contributed by atoms with Crippen molar-refractivity contribution < 1.29 is 18.0 Å². The van der Waals surface area contributed by atoms with E-state index in [0.717, 1.165) is 0 Å². The number of rotatable bonds is 4. The van der Waals surface area contributed by atoms with Crippen LogP contribution in [0.2, 0.25) is 0 Å². The maximum absolute atomic E-state index is 13.1. The summed E-state index contributed by atoms with van der Waals surface area (Å²) in [6.45, 7) is 0.0241. The van der Waals surface area contributed by atoms with Gasteiger partial charge in [-0.3, -0.25) is 10.1 Å². The van der Waals surface area contributed by atoms with E-state index in [-0.39, 0.29) is 13.1 Å². The number of anilines is 1. The molecule has 6 heteroatoms. The Morgan fingerprint density at radius 1 is 1.24 bits per heavy atom. The highest BCUT2D eigenvalue weighted by molar-refractivity contribution is 5.92. The van der Waals surface area contributed by atoms with Crippen molar-refractivity contribution in [3.05, 3.63) is 29.6 Å². The highest BCUT2D eigenvalue weighted by Gasteiger charge is 2.11. The van der Waals surface area contributed by atoms with E-state index in [9.17, 15) is 18.0 Å².